The molecule has 0 radical (unpaired) electrons. The van der Waals surface area contributed by atoms with Crippen LogP contribution in [0, 0.1) is 5.92 Å². The number of alkyl halides is 3. The van der Waals surface area contributed by atoms with Crippen LogP contribution < -0.4 is 5.32 Å². The lowest BCUT2D eigenvalue weighted by atomic mass is 9.85. The van der Waals surface area contributed by atoms with Gasteiger partial charge in [-0.3, -0.25) is 0 Å². The van der Waals surface area contributed by atoms with Gasteiger partial charge in [0.05, 0.1) is 19.3 Å². The molecule has 1 fully saturated rings. The van der Waals surface area contributed by atoms with E-state index in [0.717, 1.165) is 0 Å². The predicted molar refractivity (Wildman–Crippen MR) is 68.7 cm³/mol. The summed E-state index contributed by atoms with van der Waals surface area (Å²) in [7, 11) is 1.25. The Morgan fingerprint density at radius 2 is 2.24 bits per heavy atom. The molecule has 2 rings (SSSR count). The van der Waals surface area contributed by atoms with Gasteiger partial charge in [-0.1, -0.05) is 6.42 Å². The quantitative estimate of drug-likeness (QED) is 0.867. The van der Waals surface area contributed by atoms with E-state index in [1.165, 1.54) is 13.4 Å². The fourth-order valence-electron chi connectivity index (χ4n) is 2.67. The Bertz CT molecular complexity index is 484. The molecule has 0 saturated heterocycles. The van der Waals surface area contributed by atoms with E-state index in [9.17, 15) is 18.0 Å². The Balaban J connectivity index is 1.91. The van der Waals surface area contributed by atoms with Crippen LogP contribution in [0.3, 0.4) is 0 Å². The number of rotatable bonds is 4. The first-order chi connectivity index (χ1) is 9.91. The normalized spacial score (nSPS) is 23.0. The number of halogens is 3. The SMILES string of the molecule is COC(=O)c1occc1CNC1CCCC(C(F)(F)F)C1. The van der Waals surface area contributed by atoms with Crippen LogP contribution in [0.1, 0.15) is 41.8 Å². The molecule has 1 heterocycles. The standard InChI is InChI=1S/C14H18F3NO3/c1-20-13(19)12-9(5-6-21-12)8-18-11-4-2-3-10(7-11)14(15,16)17/h5-6,10-11,18H,2-4,7-8H2,1H3. The van der Waals surface area contributed by atoms with Gasteiger partial charge < -0.3 is 14.5 Å². The van der Waals surface area contributed by atoms with Crippen molar-refractivity contribution in [3.63, 3.8) is 0 Å². The zero-order valence-corrected chi connectivity index (χ0v) is 11.7. The highest BCUT2D eigenvalue weighted by Crippen LogP contribution is 2.37. The van der Waals surface area contributed by atoms with Crippen LogP contribution >= 0.6 is 0 Å². The zero-order chi connectivity index (χ0) is 15.5. The van der Waals surface area contributed by atoms with E-state index in [-0.39, 0.29) is 31.2 Å². The number of carbonyl (C=O) groups excluding carboxylic acids is 1. The molecule has 0 aromatic carbocycles. The highest BCUT2D eigenvalue weighted by molar-refractivity contribution is 5.87. The smallest absolute Gasteiger partial charge is 0.391 e. The summed E-state index contributed by atoms with van der Waals surface area (Å²) in [6, 6.07) is 1.41. The first-order valence-electron chi connectivity index (χ1n) is 6.86. The number of furan rings is 1. The lowest BCUT2D eigenvalue weighted by Crippen LogP contribution is -2.38. The molecule has 0 spiro atoms. The molecule has 2 atom stereocenters. The van der Waals surface area contributed by atoms with Crippen LogP contribution in [0.4, 0.5) is 13.2 Å². The Morgan fingerprint density at radius 3 is 2.90 bits per heavy atom. The maximum Gasteiger partial charge on any atom is 0.391 e. The van der Waals surface area contributed by atoms with Crippen molar-refractivity contribution in [2.75, 3.05) is 7.11 Å². The molecule has 21 heavy (non-hydrogen) atoms. The fourth-order valence-corrected chi connectivity index (χ4v) is 2.67. The summed E-state index contributed by atoms with van der Waals surface area (Å²) in [4.78, 5) is 11.4. The molecule has 2 unspecified atom stereocenters. The summed E-state index contributed by atoms with van der Waals surface area (Å²) in [6.45, 7) is 0.288. The zero-order valence-electron chi connectivity index (χ0n) is 11.7. The van der Waals surface area contributed by atoms with Crippen molar-refractivity contribution < 1.29 is 27.1 Å². The number of hydrogen-bond donors (Lipinski definition) is 1. The molecule has 4 nitrogen and oxygen atoms in total. The van der Waals surface area contributed by atoms with Crippen molar-refractivity contribution in [3.05, 3.63) is 23.7 Å². The van der Waals surface area contributed by atoms with Gasteiger partial charge in [-0.05, 0) is 25.3 Å². The van der Waals surface area contributed by atoms with E-state index >= 15 is 0 Å². The first-order valence-corrected chi connectivity index (χ1v) is 6.86. The third-order valence-electron chi connectivity index (χ3n) is 3.84. The monoisotopic (exact) mass is 305 g/mol. The summed E-state index contributed by atoms with van der Waals surface area (Å²) < 4.78 is 47.8. The second-order valence-electron chi connectivity index (χ2n) is 5.25. The topological polar surface area (TPSA) is 51.5 Å². The number of esters is 1. The highest BCUT2D eigenvalue weighted by atomic mass is 19.4. The number of nitrogens with one attached hydrogen (secondary N) is 1. The van der Waals surface area contributed by atoms with Crippen LogP contribution in [0.15, 0.2) is 16.7 Å². The van der Waals surface area contributed by atoms with Gasteiger partial charge in [0.1, 0.15) is 0 Å². The van der Waals surface area contributed by atoms with E-state index in [4.69, 9.17) is 4.42 Å². The molecular weight excluding hydrogens is 287 g/mol. The molecule has 0 bridgehead atoms. The molecule has 1 saturated carbocycles. The molecule has 1 aromatic heterocycles. The van der Waals surface area contributed by atoms with Gasteiger partial charge in [-0.25, -0.2) is 4.79 Å². The highest BCUT2D eigenvalue weighted by Gasteiger charge is 2.42. The van der Waals surface area contributed by atoms with Crippen molar-refractivity contribution in [2.24, 2.45) is 5.92 Å². The fraction of sp³-hybridized carbons (Fsp3) is 0.643. The summed E-state index contributed by atoms with van der Waals surface area (Å²) in [5.74, 6) is -1.74. The van der Waals surface area contributed by atoms with Crippen LogP contribution in [0.2, 0.25) is 0 Å². The van der Waals surface area contributed by atoms with Gasteiger partial charge >= 0.3 is 12.1 Å². The molecule has 118 valence electrons. The van der Waals surface area contributed by atoms with E-state index in [1.807, 2.05) is 0 Å². The van der Waals surface area contributed by atoms with Crippen molar-refractivity contribution in [3.8, 4) is 0 Å². The van der Waals surface area contributed by atoms with Crippen molar-refractivity contribution >= 4 is 5.97 Å². The molecule has 0 aliphatic heterocycles. The predicted octanol–water partition coefficient (Wildman–Crippen LogP) is 3.28. The van der Waals surface area contributed by atoms with Gasteiger partial charge in [-0.15, -0.1) is 0 Å². The Morgan fingerprint density at radius 1 is 1.48 bits per heavy atom. The maximum atomic E-state index is 12.7. The summed E-state index contributed by atoms with van der Waals surface area (Å²) in [5, 5.41) is 3.08. The van der Waals surface area contributed by atoms with Gasteiger partial charge in [0.2, 0.25) is 5.76 Å². The summed E-state index contributed by atoms with van der Waals surface area (Å²) in [6.07, 6.45) is -1.24. The summed E-state index contributed by atoms with van der Waals surface area (Å²) >= 11 is 0. The van der Waals surface area contributed by atoms with E-state index in [0.29, 0.717) is 18.4 Å². The minimum atomic E-state index is -4.13. The molecule has 1 aliphatic carbocycles. The Hall–Kier alpha value is -1.50. The van der Waals surface area contributed by atoms with Crippen LogP contribution in [0.5, 0.6) is 0 Å². The molecule has 7 heteroatoms. The van der Waals surface area contributed by atoms with Crippen molar-refractivity contribution in [1.29, 1.82) is 0 Å². The molecule has 0 amide bonds. The number of carbonyl (C=O) groups is 1. The number of methoxy groups -OCH3 is 1. The number of ether oxygens (including phenoxy) is 1. The minimum Gasteiger partial charge on any atom is -0.463 e. The average molecular weight is 305 g/mol. The maximum absolute atomic E-state index is 12.7. The van der Waals surface area contributed by atoms with Crippen LogP contribution in [-0.2, 0) is 11.3 Å². The third-order valence-corrected chi connectivity index (χ3v) is 3.84. The largest absolute Gasteiger partial charge is 0.463 e. The van der Waals surface area contributed by atoms with Gasteiger partial charge in [0.25, 0.3) is 0 Å². The van der Waals surface area contributed by atoms with E-state index in [2.05, 4.69) is 10.1 Å². The third kappa shape index (κ3) is 4.00. The van der Waals surface area contributed by atoms with Crippen LogP contribution in [-0.4, -0.2) is 25.3 Å². The summed E-state index contributed by atoms with van der Waals surface area (Å²) in [5.41, 5.74) is 0.594. The lowest BCUT2D eigenvalue weighted by molar-refractivity contribution is -0.183. The molecule has 1 N–H and O–H groups in total. The second-order valence-corrected chi connectivity index (χ2v) is 5.25. The minimum absolute atomic E-state index is 0.0783. The van der Waals surface area contributed by atoms with E-state index < -0.39 is 18.1 Å². The van der Waals surface area contributed by atoms with Gasteiger partial charge in [0, 0.05) is 18.2 Å². The molecule has 1 aliphatic rings. The number of hydrogen-bond acceptors (Lipinski definition) is 4. The van der Waals surface area contributed by atoms with Crippen molar-refractivity contribution in [2.45, 2.75) is 44.4 Å². The Kier molecular flexibility index (Phi) is 4.92. The lowest BCUT2D eigenvalue weighted by Gasteiger charge is -2.31. The van der Waals surface area contributed by atoms with E-state index in [1.54, 1.807) is 6.07 Å². The van der Waals surface area contributed by atoms with Crippen molar-refractivity contribution in [1.82, 2.24) is 5.32 Å². The Labute approximate surface area is 120 Å². The van der Waals surface area contributed by atoms with Crippen LogP contribution in [0.25, 0.3) is 0 Å². The van der Waals surface area contributed by atoms with Gasteiger partial charge in [0.15, 0.2) is 0 Å². The average Bonchev–Trinajstić information content (AvgIpc) is 2.92. The second kappa shape index (κ2) is 6.51. The molecule has 1 aromatic rings. The van der Waals surface area contributed by atoms with Gasteiger partial charge in [-0.2, -0.15) is 13.2 Å². The molecular formula is C14H18F3NO3. The first kappa shape index (κ1) is 15.9.